The standard InChI is InChI=1S/C15H22N4/c1-10-7-15(14(9-16)12(3)17-10)18-13-5-6-19(4)11(2)8-13/h7,11,13H,5-6,8H2,1-4H3,(H,17,18). The molecule has 1 aromatic rings. The highest BCUT2D eigenvalue weighted by Crippen LogP contribution is 2.24. The van der Waals surface area contributed by atoms with Crippen LogP contribution in [0.15, 0.2) is 6.07 Å². The lowest BCUT2D eigenvalue weighted by Gasteiger charge is -2.36. The van der Waals surface area contributed by atoms with Crippen LogP contribution >= 0.6 is 0 Å². The van der Waals surface area contributed by atoms with Gasteiger partial charge in [0.05, 0.1) is 16.9 Å². The van der Waals surface area contributed by atoms with Gasteiger partial charge in [0.25, 0.3) is 0 Å². The van der Waals surface area contributed by atoms with Crippen LogP contribution in [0, 0.1) is 25.2 Å². The lowest BCUT2D eigenvalue weighted by Crippen LogP contribution is -2.42. The Morgan fingerprint density at radius 1 is 1.47 bits per heavy atom. The summed E-state index contributed by atoms with van der Waals surface area (Å²) in [5, 5.41) is 12.8. The fraction of sp³-hybridized carbons (Fsp3) is 0.600. The molecule has 0 bridgehead atoms. The number of hydrogen-bond acceptors (Lipinski definition) is 4. The fourth-order valence-electron chi connectivity index (χ4n) is 2.72. The predicted octanol–water partition coefficient (Wildman–Crippen LogP) is 2.46. The van der Waals surface area contributed by atoms with E-state index >= 15 is 0 Å². The Morgan fingerprint density at radius 2 is 2.21 bits per heavy atom. The van der Waals surface area contributed by atoms with E-state index in [-0.39, 0.29) is 0 Å². The summed E-state index contributed by atoms with van der Waals surface area (Å²) in [5.74, 6) is 0. The van der Waals surface area contributed by atoms with Crippen LogP contribution in [0.3, 0.4) is 0 Å². The van der Waals surface area contributed by atoms with E-state index < -0.39 is 0 Å². The van der Waals surface area contributed by atoms with E-state index in [0.717, 1.165) is 36.5 Å². The Morgan fingerprint density at radius 3 is 2.84 bits per heavy atom. The fourth-order valence-corrected chi connectivity index (χ4v) is 2.72. The van der Waals surface area contributed by atoms with Gasteiger partial charge in [0.2, 0.25) is 0 Å². The first-order valence-electron chi connectivity index (χ1n) is 6.86. The SMILES string of the molecule is Cc1cc(NC2CCN(C)C(C)C2)c(C#N)c(C)n1. The van der Waals surface area contributed by atoms with Gasteiger partial charge in [0.1, 0.15) is 6.07 Å². The molecule has 2 unspecified atom stereocenters. The molecule has 4 heteroatoms. The lowest BCUT2D eigenvalue weighted by atomic mass is 9.98. The van der Waals surface area contributed by atoms with Crippen molar-refractivity contribution in [1.29, 1.82) is 5.26 Å². The van der Waals surface area contributed by atoms with Crippen LogP contribution in [0.4, 0.5) is 5.69 Å². The molecular formula is C15H22N4. The zero-order valence-corrected chi connectivity index (χ0v) is 12.2. The molecule has 1 saturated heterocycles. The summed E-state index contributed by atoms with van der Waals surface area (Å²) in [4.78, 5) is 6.74. The van der Waals surface area contributed by atoms with Crippen molar-refractivity contribution in [2.75, 3.05) is 18.9 Å². The normalized spacial score (nSPS) is 23.9. The number of aryl methyl sites for hydroxylation is 2. The smallest absolute Gasteiger partial charge is 0.103 e. The molecule has 0 radical (unpaired) electrons. The maximum absolute atomic E-state index is 9.28. The minimum absolute atomic E-state index is 0.444. The second-order valence-electron chi connectivity index (χ2n) is 5.58. The molecule has 1 aliphatic heterocycles. The van der Waals surface area contributed by atoms with E-state index in [0.29, 0.717) is 17.6 Å². The summed E-state index contributed by atoms with van der Waals surface area (Å²) >= 11 is 0. The number of nitrogens with one attached hydrogen (secondary N) is 1. The van der Waals surface area contributed by atoms with Crippen molar-refractivity contribution < 1.29 is 0 Å². The molecule has 19 heavy (non-hydrogen) atoms. The average molecular weight is 258 g/mol. The van der Waals surface area contributed by atoms with Gasteiger partial charge in [-0.2, -0.15) is 5.26 Å². The van der Waals surface area contributed by atoms with E-state index in [1.165, 1.54) is 0 Å². The van der Waals surface area contributed by atoms with Crippen LogP contribution in [-0.2, 0) is 0 Å². The summed E-state index contributed by atoms with van der Waals surface area (Å²) in [6.07, 6.45) is 2.23. The van der Waals surface area contributed by atoms with Gasteiger partial charge >= 0.3 is 0 Å². The molecule has 1 aliphatic rings. The van der Waals surface area contributed by atoms with Gasteiger partial charge in [-0.3, -0.25) is 4.98 Å². The molecule has 2 atom stereocenters. The molecule has 1 aromatic heterocycles. The predicted molar refractivity (Wildman–Crippen MR) is 77.2 cm³/mol. The number of nitrogens with zero attached hydrogens (tertiary/aromatic N) is 3. The van der Waals surface area contributed by atoms with Crippen molar-refractivity contribution in [3.63, 3.8) is 0 Å². The molecule has 2 rings (SSSR count). The third kappa shape index (κ3) is 3.05. The minimum Gasteiger partial charge on any atom is -0.381 e. The van der Waals surface area contributed by atoms with Gasteiger partial charge in [-0.05, 0) is 46.7 Å². The molecular weight excluding hydrogens is 236 g/mol. The van der Waals surface area contributed by atoms with E-state index in [4.69, 9.17) is 0 Å². The van der Waals surface area contributed by atoms with E-state index in [2.05, 4.69) is 35.2 Å². The number of anilines is 1. The van der Waals surface area contributed by atoms with Crippen molar-refractivity contribution in [2.24, 2.45) is 0 Å². The zero-order valence-electron chi connectivity index (χ0n) is 12.2. The Labute approximate surface area is 115 Å². The van der Waals surface area contributed by atoms with Crippen molar-refractivity contribution >= 4 is 5.69 Å². The van der Waals surface area contributed by atoms with Crippen molar-refractivity contribution in [2.45, 2.75) is 45.7 Å². The monoisotopic (exact) mass is 258 g/mol. The van der Waals surface area contributed by atoms with Gasteiger partial charge in [0.15, 0.2) is 0 Å². The van der Waals surface area contributed by atoms with Gasteiger partial charge in [-0.15, -0.1) is 0 Å². The van der Waals surface area contributed by atoms with Crippen LogP contribution in [0.1, 0.15) is 36.7 Å². The molecule has 4 nitrogen and oxygen atoms in total. The number of likely N-dealkylation sites (tertiary alicyclic amines) is 1. The van der Waals surface area contributed by atoms with E-state index in [9.17, 15) is 5.26 Å². The Bertz CT molecular complexity index is 504. The third-order valence-corrected chi connectivity index (χ3v) is 4.01. The summed E-state index contributed by atoms with van der Waals surface area (Å²) in [6.45, 7) is 7.22. The van der Waals surface area contributed by atoms with Crippen molar-refractivity contribution in [3.8, 4) is 6.07 Å². The maximum atomic E-state index is 9.28. The molecule has 102 valence electrons. The molecule has 0 aliphatic carbocycles. The van der Waals surface area contributed by atoms with Crippen LogP contribution in [-0.4, -0.2) is 35.6 Å². The first kappa shape index (κ1) is 13.8. The average Bonchev–Trinajstić information content (AvgIpc) is 2.33. The molecule has 0 saturated carbocycles. The Balaban J connectivity index is 2.18. The van der Waals surface area contributed by atoms with Crippen LogP contribution in [0.25, 0.3) is 0 Å². The molecule has 1 fully saturated rings. The minimum atomic E-state index is 0.444. The quantitative estimate of drug-likeness (QED) is 0.885. The van der Waals surface area contributed by atoms with E-state index in [1.54, 1.807) is 0 Å². The molecule has 0 amide bonds. The zero-order chi connectivity index (χ0) is 14.0. The highest BCUT2D eigenvalue weighted by atomic mass is 15.1. The maximum Gasteiger partial charge on any atom is 0.103 e. The molecule has 1 N–H and O–H groups in total. The first-order valence-corrected chi connectivity index (χ1v) is 6.86. The summed E-state index contributed by atoms with van der Waals surface area (Å²) < 4.78 is 0. The van der Waals surface area contributed by atoms with Crippen molar-refractivity contribution in [1.82, 2.24) is 9.88 Å². The summed E-state index contributed by atoms with van der Waals surface area (Å²) in [7, 11) is 2.17. The summed E-state index contributed by atoms with van der Waals surface area (Å²) in [5.41, 5.74) is 3.39. The van der Waals surface area contributed by atoms with Crippen LogP contribution < -0.4 is 5.32 Å². The number of hydrogen-bond donors (Lipinski definition) is 1. The van der Waals surface area contributed by atoms with Gasteiger partial charge < -0.3 is 10.2 Å². The van der Waals surface area contributed by atoms with Gasteiger partial charge in [0, 0.05) is 24.3 Å². The van der Waals surface area contributed by atoms with Crippen LogP contribution in [0.5, 0.6) is 0 Å². The number of pyridine rings is 1. The van der Waals surface area contributed by atoms with Crippen molar-refractivity contribution in [3.05, 3.63) is 23.0 Å². The molecule has 0 spiro atoms. The second kappa shape index (κ2) is 5.58. The van der Waals surface area contributed by atoms with Crippen LogP contribution in [0.2, 0.25) is 0 Å². The second-order valence-corrected chi connectivity index (χ2v) is 5.58. The Hall–Kier alpha value is -1.60. The topological polar surface area (TPSA) is 52.0 Å². The lowest BCUT2D eigenvalue weighted by molar-refractivity contribution is 0.190. The number of rotatable bonds is 2. The summed E-state index contributed by atoms with van der Waals surface area (Å²) in [6, 6.07) is 5.27. The number of nitriles is 1. The first-order chi connectivity index (χ1) is 9.01. The molecule has 2 heterocycles. The number of piperidine rings is 1. The largest absolute Gasteiger partial charge is 0.381 e. The van der Waals surface area contributed by atoms with Gasteiger partial charge in [-0.25, -0.2) is 0 Å². The van der Waals surface area contributed by atoms with Gasteiger partial charge in [-0.1, -0.05) is 0 Å². The Kier molecular flexibility index (Phi) is 4.06. The number of aromatic nitrogens is 1. The molecule has 0 aromatic carbocycles. The van der Waals surface area contributed by atoms with E-state index in [1.807, 2.05) is 19.9 Å². The highest BCUT2D eigenvalue weighted by Gasteiger charge is 2.23. The third-order valence-electron chi connectivity index (χ3n) is 4.01. The highest BCUT2D eigenvalue weighted by molar-refractivity contribution is 5.60.